The maximum Gasteiger partial charge on any atom is 0.228 e. The third kappa shape index (κ3) is 4.08. The van der Waals surface area contributed by atoms with E-state index in [-0.39, 0.29) is 0 Å². The first-order chi connectivity index (χ1) is 24.8. The van der Waals surface area contributed by atoms with Gasteiger partial charge in [-0.1, -0.05) is 91.0 Å². The molecule has 0 bridgehead atoms. The second kappa shape index (κ2) is 10.5. The highest BCUT2D eigenvalue weighted by Crippen LogP contribution is 2.47. The molecular weight excluding hydrogens is 633 g/mol. The van der Waals surface area contributed by atoms with Crippen molar-refractivity contribution >= 4 is 103 Å². The van der Waals surface area contributed by atoms with Gasteiger partial charge in [0.2, 0.25) is 5.89 Å². The van der Waals surface area contributed by atoms with Crippen molar-refractivity contribution in [1.29, 1.82) is 0 Å². The lowest BCUT2D eigenvalue weighted by Gasteiger charge is -2.26. The zero-order valence-electron chi connectivity index (χ0n) is 26.6. The van der Waals surface area contributed by atoms with E-state index < -0.39 is 0 Å². The Kier molecular flexibility index (Phi) is 5.80. The number of para-hydroxylation sites is 1. The summed E-state index contributed by atoms with van der Waals surface area (Å²) < 4.78 is 15.5. The Morgan fingerprint density at radius 2 is 1.26 bits per heavy atom. The molecule has 0 amide bonds. The van der Waals surface area contributed by atoms with E-state index in [0.717, 1.165) is 66.4 Å². The van der Waals surface area contributed by atoms with Crippen LogP contribution in [0.5, 0.6) is 0 Å². The summed E-state index contributed by atoms with van der Waals surface area (Å²) in [5.74, 6) is 0.587. The molecule has 0 fully saturated rings. The fraction of sp³-hybridized carbons (Fsp3) is 0. The Labute approximate surface area is 290 Å². The van der Waals surface area contributed by atoms with E-state index in [1.807, 2.05) is 41.7 Å². The molecule has 11 aromatic rings. The summed E-state index contributed by atoms with van der Waals surface area (Å²) in [6.07, 6.45) is 0. The Balaban J connectivity index is 1.10. The Morgan fingerprint density at radius 1 is 0.480 bits per heavy atom. The van der Waals surface area contributed by atoms with Crippen LogP contribution < -0.4 is 4.90 Å². The lowest BCUT2D eigenvalue weighted by Crippen LogP contribution is -2.09. The fourth-order valence-corrected chi connectivity index (χ4v) is 8.79. The van der Waals surface area contributed by atoms with Gasteiger partial charge in [0, 0.05) is 54.6 Å². The standard InChI is InChI=1S/C45H26N2O2S/c1-2-13-30(14-3-1)47(37-18-8-16-33-36-24-28-11-4-5-12-29(28)25-41(36)50-44(33)37)31-21-22-34-40(26-31)48-38-19-9-17-35(42(34)38)45-46-43-32-15-7-6-10-27(32)20-23-39(43)49-45/h1-26H. The molecule has 0 saturated heterocycles. The van der Waals surface area contributed by atoms with Crippen molar-refractivity contribution in [3.05, 3.63) is 158 Å². The van der Waals surface area contributed by atoms with Crippen LogP contribution in [0.4, 0.5) is 17.1 Å². The summed E-state index contributed by atoms with van der Waals surface area (Å²) in [6.45, 7) is 0. The van der Waals surface area contributed by atoms with E-state index in [4.69, 9.17) is 13.8 Å². The molecule has 0 radical (unpaired) electrons. The van der Waals surface area contributed by atoms with Crippen molar-refractivity contribution in [2.45, 2.75) is 0 Å². The van der Waals surface area contributed by atoms with Gasteiger partial charge in [0.1, 0.15) is 16.7 Å². The summed E-state index contributed by atoms with van der Waals surface area (Å²) in [6, 6.07) is 55.5. The van der Waals surface area contributed by atoms with Crippen LogP contribution in [0, 0.1) is 0 Å². The quantitative estimate of drug-likeness (QED) is 0.189. The number of furan rings is 1. The third-order valence-corrected chi connectivity index (χ3v) is 11.0. The maximum atomic E-state index is 6.61. The van der Waals surface area contributed by atoms with Crippen molar-refractivity contribution < 1.29 is 8.83 Å². The number of nitrogens with zero attached hydrogens (tertiary/aromatic N) is 2. The predicted octanol–water partition coefficient (Wildman–Crippen LogP) is 13.5. The minimum atomic E-state index is 0.587. The number of hydrogen-bond donors (Lipinski definition) is 0. The van der Waals surface area contributed by atoms with Crippen LogP contribution in [-0.4, -0.2) is 4.98 Å². The molecule has 234 valence electrons. The molecule has 5 heteroatoms. The second-order valence-electron chi connectivity index (χ2n) is 12.7. The number of thiophene rings is 1. The largest absolute Gasteiger partial charge is 0.456 e. The molecule has 3 aromatic heterocycles. The molecule has 0 atom stereocenters. The van der Waals surface area contributed by atoms with Crippen molar-refractivity contribution in [3.63, 3.8) is 0 Å². The zero-order valence-corrected chi connectivity index (χ0v) is 27.4. The van der Waals surface area contributed by atoms with Crippen LogP contribution in [0.15, 0.2) is 167 Å². The third-order valence-electron chi connectivity index (χ3n) is 9.85. The van der Waals surface area contributed by atoms with Gasteiger partial charge in [-0.15, -0.1) is 11.3 Å². The number of benzene rings is 8. The summed E-state index contributed by atoms with van der Waals surface area (Å²) >= 11 is 1.85. The Bertz CT molecular complexity index is 3120. The smallest absolute Gasteiger partial charge is 0.228 e. The first kappa shape index (κ1) is 27.5. The normalized spacial score (nSPS) is 12.0. The average Bonchev–Trinajstić information content (AvgIpc) is 3.88. The van der Waals surface area contributed by atoms with E-state index in [1.54, 1.807) is 0 Å². The summed E-state index contributed by atoms with van der Waals surface area (Å²) in [5.41, 5.74) is 7.39. The molecule has 3 heterocycles. The van der Waals surface area contributed by atoms with Gasteiger partial charge in [-0.3, -0.25) is 0 Å². The topological polar surface area (TPSA) is 42.4 Å². The average molecular weight is 659 g/mol. The lowest BCUT2D eigenvalue weighted by atomic mass is 10.0. The molecule has 0 aliphatic rings. The number of anilines is 3. The monoisotopic (exact) mass is 658 g/mol. The predicted molar refractivity (Wildman–Crippen MR) is 209 cm³/mol. The molecule has 50 heavy (non-hydrogen) atoms. The van der Waals surface area contributed by atoms with Gasteiger partial charge < -0.3 is 13.7 Å². The van der Waals surface area contributed by atoms with Crippen LogP contribution in [0.25, 0.3) is 86.2 Å². The van der Waals surface area contributed by atoms with Crippen LogP contribution in [0.1, 0.15) is 0 Å². The summed E-state index contributed by atoms with van der Waals surface area (Å²) in [5, 5.41) is 9.29. The van der Waals surface area contributed by atoms with Crippen molar-refractivity contribution in [1.82, 2.24) is 4.98 Å². The van der Waals surface area contributed by atoms with Crippen LogP contribution in [-0.2, 0) is 0 Å². The van der Waals surface area contributed by atoms with E-state index in [1.165, 1.54) is 30.9 Å². The van der Waals surface area contributed by atoms with Gasteiger partial charge >= 0.3 is 0 Å². The van der Waals surface area contributed by atoms with Gasteiger partial charge in [0.15, 0.2) is 5.58 Å². The molecule has 0 aliphatic carbocycles. The molecule has 4 nitrogen and oxygen atoms in total. The number of hydrogen-bond acceptors (Lipinski definition) is 5. The number of fused-ring (bicyclic) bond motifs is 10. The van der Waals surface area contributed by atoms with Gasteiger partial charge in [-0.25, -0.2) is 4.98 Å². The minimum absolute atomic E-state index is 0.587. The minimum Gasteiger partial charge on any atom is -0.456 e. The highest BCUT2D eigenvalue weighted by molar-refractivity contribution is 7.26. The highest BCUT2D eigenvalue weighted by Gasteiger charge is 2.22. The highest BCUT2D eigenvalue weighted by atomic mass is 32.1. The molecule has 0 aliphatic heterocycles. The van der Waals surface area contributed by atoms with Crippen molar-refractivity contribution in [2.24, 2.45) is 0 Å². The number of aromatic nitrogens is 1. The van der Waals surface area contributed by atoms with E-state index >= 15 is 0 Å². The second-order valence-corrected chi connectivity index (χ2v) is 13.8. The molecular formula is C45H26N2O2S. The van der Waals surface area contributed by atoms with Crippen LogP contribution >= 0.6 is 11.3 Å². The SMILES string of the molecule is c1ccc(N(c2ccc3c(c2)oc2cccc(-c4nc5c(ccc6ccccc65)o4)c23)c2cccc3c2sc2cc4ccccc4cc23)cc1. The summed E-state index contributed by atoms with van der Waals surface area (Å²) in [7, 11) is 0. The molecule has 0 spiro atoms. The fourth-order valence-electron chi connectivity index (χ4n) is 7.56. The molecule has 8 aromatic carbocycles. The first-order valence-electron chi connectivity index (χ1n) is 16.7. The Hall–Kier alpha value is -6.43. The van der Waals surface area contributed by atoms with Crippen LogP contribution in [0.3, 0.4) is 0 Å². The van der Waals surface area contributed by atoms with Gasteiger partial charge in [0.05, 0.1) is 10.4 Å². The molecule has 0 saturated carbocycles. The zero-order chi connectivity index (χ0) is 32.8. The summed E-state index contributed by atoms with van der Waals surface area (Å²) in [4.78, 5) is 7.37. The van der Waals surface area contributed by atoms with Gasteiger partial charge in [-0.2, -0.15) is 0 Å². The van der Waals surface area contributed by atoms with Gasteiger partial charge in [0.25, 0.3) is 0 Å². The van der Waals surface area contributed by atoms with Crippen molar-refractivity contribution in [2.75, 3.05) is 4.90 Å². The van der Waals surface area contributed by atoms with Gasteiger partial charge in [-0.05, 0) is 76.8 Å². The molecule has 11 rings (SSSR count). The van der Waals surface area contributed by atoms with Crippen molar-refractivity contribution in [3.8, 4) is 11.5 Å². The number of rotatable bonds is 4. The first-order valence-corrected chi connectivity index (χ1v) is 17.5. The number of oxazole rings is 1. The van der Waals surface area contributed by atoms with Crippen LogP contribution in [0.2, 0.25) is 0 Å². The van der Waals surface area contributed by atoms with E-state index in [9.17, 15) is 0 Å². The lowest BCUT2D eigenvalue weighted by molar-refractivity contribution is 0.620. The maximum absolute atomic E-state index is 6.61. The molecule has 0 N–H and O–H groups in total. The van der Waals surface area contributed by atoms with E-state index in [2.05, 4.69) is 132 Å². The molecule has 0 unspecified atom stereocenters. The van der Waals surface area contributed by atoms with E-state index in [0.29, 0.717) is 5.89 Å². The Morgan fingerprint density at radius 3 is 2.16 bits per heavy atom.